The summed E-state index contributed by atoms with van der Waals surface area (Å²) in [5.41, 5.74) is 3.38. The number of halogens is 1. The van der Waals surface area contributed by atoms with Crippen LogP contribution in [0.5, 0.6) is 0 Å². The molecule has 5 nitrogen and oxygen atoms in total. The molecule has 3 rings (SSSR count). The minimum Gasteiger partial charge on any atom is -0.435 e. The van der Waals surface area contributed by atoms with Crippen LogP contribution in [-0.4, -0.2) is 18.1 Å². The maximum atomic E-state index is 13.7. The van der Waals surface area contributed by atoms with Crippen LogP contribution in [0.15, 0.2) is 61.4 Å². The molecule has 1 aromatic heterocycles. The largest absolute Gasteiger partial charge is 0.435 e. The number of fused-ring (bicyclic) bond motifs is 1. The third kappa shape index (κ3) is 5.14. The molecule has 0 aliphatic heterocycles. The van der Waals surface area contributed by atoms with Gasteiger partial charge in [0, 0.05) is 24.6 Å². The van der Waals surface area contributed by atoms with Gasteiger partial charge in [-0.3, -0.25) is 14.3 Å². The van der Waals surface area contributed by atoms with E-state index in [-0.39, 0.29) is 24.6 Å². The number of ether oxygens (including phenoxy) is 1. The Morgan fingerprint density at radius 3 is 2.50 bits per heavy atom. The van der Waals surface area contributed by atoms with E-state index >= 15 is 0 Å². The van der Waals surface area contributed by atoms with Crippen LogP contribution in [0.3, 0.4) is 0 Å². The Hall–Kier alpha value is -2.82. The van der Waals surface area contributed by atoms with E-state index in [9.17, 15) is 13.8 Å². The molecule has 1 heterocycles. The zero-order valence-corrected chi connectivity index (χ0v) is 19.4. The lowest BCUT2D eigenvalue weighted by atomic mass is 9.88. The summed E-state index contributed by atoms with van der Waals surface area (Å²) in [7, 11) is -1.19. The van der Waals surface area contributed by atoms with Gasteiger partial charge in [-0.05, 0) is 47.2 Å². The van der Waals surface area contributed by atoms with Crippen LogP contribution in [0.1, 0.15) is 49.5 Å². The minimum atomic E-state index is -2.59. The van der Waals surface area contributed by atoms with Gasteiger partial charge in [0.25, 0.3) is 0 Å². The van der Waals surface area contributed by atoms with E-state index in [4.69, 9.17) is 14.2 Å². The van der Waals surface area contributed by atoms with Gasteiger partial charge in [0.15, 0.2) is 8.03 Å². The lowest BCUT2D eigenvalue weighted by molar-refractivity contribution is -0.138. The highest BCUT2D eigenvalue weighted by molar-refractivity contribution is 7.39. The monoisotopic (exact) mass is 455 g/mol. The Morgan fingerprint density at radius 1 is 1.19 bits per heavy atom. The van der Waals surface area contributed by atoms with Gasteiger partial charge < -0.3 is 9.26 Å². The van der Waals surface area contributed by atoms with Crippen molar-refractivity contribution in [1.82, 2.24) is 4.98 Å². The van der Waals surface area contributed by atoms with E-state index in [1.165, 1.54) is 19.2 Å². The molecule has 0 N–H and O–H groups in total. The van der Waals surface area contributed by atoms with E-state index in [1.807, 2.05) is 38.1 Å². The molecule has 0 saturated carbocycles. The van der Waals surface area contributed by atoms with Crippen LogP contribution in [0.2, 0.25) is 0 Å². The van der Waals surface area contributed by atoms with Gasteiger partial charge in [-0.2, -0.15) is 0 Å². The summed E-state index contributed by atoms with van der Waals surface area (Å²) in [4.78, 5) is 16.9. The van der Waals surface area contributed by atoms with Crippen molar-refractivity contribution >= 4 is 24.9 Å². The highest BCUT2D eigenvalue weighted by Crippen LogP contribution is 2.51. The molecule has 168 valence electrons. The summed E-state index contributed by atoms with van der Waals surface area (Å²) in [6.07, 6.45) is 1.38. The van der Waals surface area contributed by atoms with Crippen molar-refractivity contribution in [3.05, 3.63) is 78.4 Å². The Labute approximate surface area is 188 Å². The molecule has 0 aliphatic carbocycles. The second kappa shape index (κ2) is 10.7. The van der Waals surface area contributed by atoms with Crippen molar-refractivity contribution in [3.63, 3.8) is 0 Å². The molecule has 7 heteroatoms. The minimum absolute atomic E-state index is 0.0167. The molecule has 2 unspecified atom stereocenters. The quantitative estimate of drug-likeness (QED) is 0.202. The van der Waals surface area contributed by atoms with Crippen LogP contribution >= 0.6 is 8.03 Å². The van der Waals surface area contributed by atoms with Crippen molar-refractivity contribution in [3.8, 4) is 11.1 Å². The molecule has 2 atom stereocenters. The molecular formula is C25H27FNO4P. The van der Waals surface area contributed by atoms with Crippen molar-refractivity contribution in [1.29, 1.82) is 0 Å². The first-order valence-electron chi connectivity index (χ1n) is 10.4. The SMILES string of the molecule is C=COC(=O)CCC(c1c(C(C)C)nc2ccccc2c1-c1ccc(F)cc1)[PH](=O)OC. The molecule has 2 aromatic carbocycles. The van der Waals surface area contributed by atoms with Gasteiger partial charge >= 0.3 is 5.97 Å². The predicted molar refractivity (Wildman–Crippen MR) is 126 cm³/mol. The van der Waals surface area contributed by atoms with Crippen LogP contribution in [-0.2, 0) is 18.6 Å². The van der Waals surface area contributed by atoms with E-state index in [0.717, 1.165) is 39.5 Å². The standard InChI is InChI=1S/C25H27FNO4P/c1-5-31-22(28)15-14-21(32(29)30-4)24-23(17-10-12-18(26)13-11-17)19-8-6-7-9-20(19)27-25(24)16(2)3/h5-13,16,21,32H,1,14-15H2,2-4H3. The first-order chi connectivity index (χ1) is 15.4. The van der Waals surface area contributed by atoms with Gasteiger partial charge in [0.1, 0.15) is 5.82 Å². The number of para-hydroxylation sites is 1. The van der Waals surface area contributed by atoms with Gasteiger partial charge in [-0.25, -0.2) is 4.39 Å². The summed E-state index contributed by atoms with van der Waals surface area (Å²) in [6, 6.07) is 13.9. The summed E-state index contributed by atoms with van der Waals surface area (Å²) >= 11 is 0. The maximum absolute atomic E-state index is 13.7. The van der Waals surface area contributed by atoms with Crippen LogP contribution in [0.4, 0.5) is 4.39 Å². The highest BCUT2D eigenvalue weighted by atomic mass is 31.1. The molecule has 0 saturated heterocycles. The predicted octanol–water partition coefficient (Wildman–Crippen LogP) is 6.79. The molecule has 0 spiro atoms. The Kier molecular flexibility index (Phi) is 7.94. The second-order valence-corrected chi connectivity index (χ2v) is 9.48. The number of carbonyl (C=O) groups is 1. The number of benzene rings is 2. The van der Waals surface area contributed by atoms with Crippen molar-refractivity contribution < 1.29 is 23.0 Å². The summed E-state index contributed by atoms with van der Waals surface area (Å²) < 4.78 is 37.0. The fourth-order valence-electron chi connectivity index (χ4n) is 3.90. The number of nitrogens with zero attached hydrogens (tertiary/aromatic N) is 1. The van der Waals surface area contributed by atoms with Gasteiger partial charge in [0.05, 0.1) is 17.4 Å². The molecule has 3 aromatic rings. The van der Waals surface area contributed by atoms with Crippen LogP contribution < -0.4 is 0 Å². The number of carbonyl (C=O) groups excluding carboxylic acids is 1. The van der Waals surface area contributed by atoms with Crippen molar-refractivity contribution in [2.45, 2.75) is 38.3 Å². The lowest BCUT2D eigenvalue weighted by Crippen LogP contribution is -2.10. The van der Waals surface area contributed by atoms with E-state index in [0.29, 0.717) is 0 Å². The maximum Gasteiger partial charge on any atom is 0.310 e. The first kappa shape index (κ1) is 23.8. The third-order valence-electron chi connectivity index (χ3n) is 5.33. The van der Waals surface area contributed by atoms with Crippen molar-refractivity contribution in [2.75, 3.05) is 7.11 Å². The number of pyridine rings is 1. The smallest absolute Gasteiger partial charge is 0.310 e. The summed E-state index contributed by atoms with van der Waals surface area (Å²) in [5, 5.41) is 0.864. The number of rotatable bonds is 9. The van der Waals surface area contributed by atoms with Gasteiger partial charge in [-0.15, -0.1) is 0 Å². The van der Waals surface area contributed by atoms with Gasteiger partial charge in [-0.1, -0.05) is 50.8 Å². The normalized spacial score (nSPS) is 13.2. The topological polar surface area (TPSA) is 65.5 Å². The molecule has 0 amide bonds. The fourth-order valence-corrected chi connectivity index (χ4v) is 5.09. The Bertz CT molecular complexity index is 1140. The lowest BCUT2D eigenvalue weighted by Gasteiger charge is -2.25. The van der Waals surface area contributed by atoms with E-state index in [1.54, 1.807) is 12.1 Å². The molecule has 0 aliphatic rings. The van der Waals surface area contributed by atoms with E-state index in [2.05, 4.69) is 6.58 Å². The molecule has 32 heavy (non-hydrogen) atoms. The molecule has 0 bridgehead atoms. The van der Waals surface area contributed by atoms with E-state index < -0.39 is 19.7 Å². The first-order valence-corrected chi connectivity index (χ1v) is 11.8. The number of hydrogen-bond donors (Lipinski definition) is 0. The highest BCUT2D eigenvalue weighted by Gasteiger charge is 2.29. The average Bonchev–Trinajstić information content (AvgIpc) is 2.79. The zero-order valence-electron chi connectivity index (χ0n) is 18.4. The molecular weight excluding hydrogens is 428 g/mol. The van der Waals surface area contributed by atoms with Crippen LogP contribution in [0.25, 0.3) is 22.0 Å². The average molecular weight is 455 g/mol. The Morgan fingerprint density at radius 2 is 1.88 bits per heavy atom. The van der Waals surface area contributed by atoms with Crippen LogP contribution in [0, 0.1) is 5.82 Å². The third-order valence-corrected chi connectivity index (χ3v) is 6.87. The van der Waals surface area contributed by atoms with Crippen molar-refractivity contribution in [2.24, 2.45) is 0 Å². The summed E-state index contributed by atoms with van der Waals surface area (Å²) in [6.45, 7) is 7.44. The number of hydrogen-bond acceptors (Lipinski definition) is 5. The Balaban J connectivity index is 2.32. The zero-order chi connectivity index (χ0) is 23.3. The number of aromatic nitrogens is 1. The second-order valence-electron chi connectivity index (χ2n) is 7.74. The molecule has 0 radical (unpaired) electrons. The fraction of sp³-hybridized carbons (Fsp3) is 0.280. The van der Waals surface area contributed by atoms with Gasteiger partial charge in [0.2, 0.25) is 0 Å². The molecule has 0 fully saturated rings. The number of esters is 1. The summed E-state index contributed by atoms with van der Waals surface area (Å²) in [5.74, 6) is -0.783.